The molecular weight excluding hydrogens is 362 g/mol. The highest BCUT2D eigenvalue weighted by atomic mass is 19.1. The van der Waals surface area contributed by atoms with Crippen LogP contribution in [0.1, 0.15) is 36.8 Å². The molecule has 150 valence electrons. The lowest BCUT2D eigenvalue weighted by Gasteiger charge is -2.20. The number of carbonyl (C=O) groups excluding carboxylic acids is 1. The minimum Gasteiger partial charge on any atom is -0.391 e. The molecule has 1 saturated carbocycles. The van der Waals surface area contributed by atoms with Gasteiger partial charge in [0.1, 0.15) is 11.6 Å². The van der Waals surface area contributed by atoms with Crippen molar-refractivity contribution in [2.75, 3.05) is 18.9 Å². The SMILES string of the molecule is CNCC(O)Cc1cccc(F)c1.O=C1Nc2c(F)cccc2C12CCCC2. The maximum atomic E-state index is 13.5. The Kier molecular flexibility index (Phi) is 6.42. The van der Waals surface area contributed by atoms with Crippen molar-refractivity contribution in [3.8, 4) is 0 Å². The Bertz CT molecular complexity index is 835. The molecule has 2 aromatic rings. The fraction of sp³-hybridized carbons (Fsp3) is 0.409. The number of amides is 1. The summed E-state index contributed by atoms with van der Waals surface area (Å²) >= 11 is 0. The van der Waals surface area contributed by atoms with E-state index in [9.17, 15) is 18.7 Å². The van der Waals surface area contributed by atoms with Crippen molar-refractivity contribution in [1.82, 2.24) is 5.32 Å². The summed E-state index contributed by atoms with van der Waals surface area (Å²) in [6, 6.07) is 11.3. The van der Waals surface area contributed by atoms with Gasteiger partial charge in [-0.2, -0.15) is 0 Å². The second kappa shape index (κ2) is 8.80. The average molecular weight is 388 g/mol. The molecule has 4 nitrogen and oxygen atoms in total. The van der Waals surface area contributed by atoms with E-state index in [0.717, 1.165) is 36.8 Å². The number of nitrogens with one attached hydrogen (secondary N) is 2. The van der Waals surface area contributed by atoms with Crippen LogP contribution in [0.4, 0.5) is 14.5 Å². The molecule has 0 bridgehead atoms. The third kappa shape index (κ3) is 4.23. The number of aliphatic hydroxyl groups is 1. The molecule has 1 fully saturated rings. The normalized spacial score (nSPS) is 17.6. The molecule has 0 aromatic heterocycles. The Labute approximate surface area is 164 Å². The molecule has 1 aliphatic heterocycles. The summed E-state index contributed by atoms with van der Waals surface area (Å²) in [5.74, 6) is -0.584. The Balaban J connectivity index is 0.000000163. The minimum atomic E-state index is -0.452. The molecular formula is C22H26F2N2O2. The summed E-state index contributed by atoms with van der Waals surface area (Å²) in [5.41, 5.74) is 1.68. The molecule has 1 heterocycles. The lowest BCUT2D eigenvalue weighted by atomic mass is 9.80. The van der Waals surface area contributed by atoms with E-state index in [2.05, 4.69) is 10.6 Å². The zero-order chi connectivity index (χ0) is 20.1. The third-order valence-corrected chi connectivity index (χ3v) is 5.46. The van der Waals surface area contributed by atoms with Crippen molar-refractivity contribution in [1.29, 1.82) is 0 Å². The number of likely N-dealkylation sites (N-methyl/N-ethyl adjacent to an activating group) is 1. The van der Waals surface area contributed by atoms with Crippen molar-refractivity contribution < 1.29 is 18.7 Å². The van der Waals surface area contributed by atoms with Gasteiger partial charge in [-0.25, -0.2) is 8.78 Å². The van der Waals surface area contributed by atoms with E-state index in [1.54, 1.807) is 19.2 Å². The summed E-state index contributed by atoms with van der Waals surface area (Å²) in [4.78, 5) is 11.9. The van der Waals surface area contributed by atoms with Crippen LogP contribution in [0.3, 0.4) is 0 Å². The topological polar surface area (TPSA) is 61.4 Å². The highest BCUT2D eigenvalue weighted by Gasteiger charge is 2.49. The molecule has 1 amide bonds. The number of benzene rings is 2. The van der Waals surface area contributed by atoms with Crippen LogP contribution in [0.25, 0.3) is 0 Å². The van der Waals surface area contributed by atoms with E-state index < -0.39 is 11.5 Å². The molecule has 3 N–H and O–H groups in total. The van der Waals surface area contributed by atoms with Crippen LogP contribution < -0.4 is 10.6 Å². The summed E-state index contributed by atoms with van der Waals surface area (Å²) in [7, 11) is 1.77. The third-order valence-electron chi connectivity index (χ3n) is 5.46. The van der Waals surface area contributed by atoms with Crippen molar-refractivity contribution in [3.63, 3.8) is 0 Å². The summed E-state index contributed by atoms with van der Waals surface area (Å²) in [6.07, 6.45) is 3.86. The van der Waals surface area contributed by atoms with Crippen LogP contribution in [0.15, 0.2) is 42.5 Å². The number of halogens is 2. The predicted molar refractivity (Wildman–Crippen MR) is 105 cm³/mol. The fourth-order valence-corrected chi connectivity index (χ4v) is 4.12. The minimum absolute atomic E-state index is 0.0138. The second-order valence-corrected chi connectivity index (χ2v) is 7.45. The number of para-hydroxylation sites is 1. The van der Waals surface area contributed by atoms with Crippen molar-refractivity contribution in [3.05, 3.63) is 65.2 Å². The van der Waals surface area contributed by atoms with Gasteiger partial charge in [0.15, 0.2) is 0 Å². The van der Waals surface area contributed by atoms with Crippen LogP contribution >= 0.6 is 0 Å². The molecule has 0 saturated heterocycles. The van der Waals surface area contributed by atoms with Crippen molar-refractivity contribution in [2.45, 2.75) is 43.6 Å². The van der Waals surface area contributed by atoms with Gasteiger partial charge in [0, 0.05) is 6.54 Å². The highest BCUT2D eigenvalue weighted by Crippen LogP contribution is 2.49. The van der Waals surface area contributed by atoms with Gasteiger partial charge in [0.2, 0.25) is 5.91 Å². The molecule has 1 spiro atoms. The van der Waals surface area contributed by atoms with Gasteiger partial charge >= 0.3 is 0 Å². The maximum Gasteiger partial charge on any atom is 0.235 e. The molecule has 2 aromatic carbocycles. The molecule has 1 aliphatic carbocycles. The molecule has 28 heavy (non-hydrogen) atoms. The number of hydrogen-bond donors (Lipinski definition) is 3. The Morgan fingerprint density at radius 2 is 1.89 bits per heavy atom. The fourth-order valence-electron chi connectivity index (χ4n) is 4.12. The van der Waals surface area contributed by atoms with Crippen LogP contribution in [-0.4, -0.2) is 30.7 Å². The number of carbonyl (C=O) groups is 1. The first-order chi connectivity index (χ1) is 13.5. The average Bonchev–Trinajstić information content (AvgIpc) is 3.25. The van der Waals surface area contributed by atoms with E-state index in [0.29, 0.717) is 18.7 Å². The lowest BCUT2D eigenvalue weighted by Crippen LogP contribution is -2.30. The number of anilines is 1. The summed E-state index contributed by atoms with van der Waals surface area (Å²) in [6.45, 7) is 0.524. The van der Waals surface area contributed by atoms with Gasteiger partial charge in [0.25, 0.3) is 0 Å². The van der Waals surface area contributed by atoms with Crippen LogP contribution in [-0.2, 0) is 16.6 Å². The van der Waals surface area contributed by atoms with Crippen LogP contribution in [0, 0.1) is 11.6 Å². The Hall–Kier alpha value is -2.31. The van der Waals surface area contributed by atoms with E-state index in [1.165, 1.54) is 18.2 Å². The Morgan fingerprint density at radius 1 is 1.18 bits per heavy atom. The van der Waals surface area contributed by atoms with Crippen molar-refractivity contribution >= 4 is 11.6 Å². The lowest BCUT2D eigenvalue weighted by molar-refractivity contribution is -0.120. The van der Waals surface area contributed by atoms with E-state index in [-0.39, 0.29) is 17.5 Å². The molecule has 2 aliphatic rings. The van der Waals surface area contributed by atoms with Gasteiger partial charge in [-0.05, 0) is 55.6 Å². The number of fused-ring (bicyclic) bond motifs is 2. The summed E-state index contributed by atoms with van der Waals surface area (Å²) in [5, 5.41) is 15.0. The first kappa shape index (κ1) is 20.4. The molecule has 4 rings (SSSR count). The number of rotatable bonds is 4. The Morgan fingerprint density at radius 3 is 2.57 bits per heavy atom. The van der Waals surface area contributed by atoms with Gasteiger partial charge in [-0.15, -0.1) is 0 Å². The maximum absolute atomic E-state index is 13.5. The number of hydrogen-bond acceptors (Lipinski definition) is 3. The van der Waals surface area contributed by atoms with Crippen LogP contribution in [0.5, 0.6) is 0 Å². The second-order valence-electron chi connectivity index (χ2n) is 7.45. The first-order valence-corrected chi connectivity index (χ1v) is 9.64. The van der Waals surface area contributed by atoms with Gasteiger partial charge in [-0.1, -0.05) is 37.1 Å². The van der Waals surface area contributed by atoms with E-state index in [1.807, 2.05) is 12.1 Å². The molecule has 6 heteroatoms. The number of aliphatic hydroxyl groups excluding tert-OH is 1. The van der Waals surface area contributed by atoms with E-state index in [4.69, 9.17) is 0 Å². The van der Waals surface area contributed by atoms with Crippen molar-refractivity contribution in [2.24, 2.45) is 0 Å². The molecule has 1 unspecified atom stereocenters. The largest absolute Gasteiger partial charge is 0.391 e. The monoisotopic (exact) mass is 388 g/mol. The zero-order valence-electron chi connectivity index (χ0n) is 16.0. The summed E-state index contributed by atoms with van der Waals surface area (Å²) < 4.78 is 26.2. The highest BCUT2D eigenvalue weighted by molar-refractivity contribution is 6.06. The standard InChI is InChI=1S/C12H12FNO.C10H14FNO/c13-9-5-3-4-8-10(9)14-11(15)12(8)6-1-2-7-12;1-12-7-10(13)6-8-3-2-4-9(11)5-8/h3-5H,1-2,6-7H2,(H,14,15);2-5,10,12-13H,6-7H2,1H3. The first-order valence-electron chi connectivity index (χ1n) is 9.64. The van der Waals surface area contributed by atoms with Gasteiger partial charge in [-0.3, -0.25) is 4.79 Å². The van der Waals surface area contributed by atoms with E-state index >= 15 is 0 Å². The molecule has 0 radical (unpaired) electrons. The van der Waals surface area contributed by atoms with Crippen LogP contribution in [0.2, 0.25) is 0 Å². The molecule has 1 atom stereocenters. The quantitative estimate of drug-likeness (QED) is 0.751. The predicted octanol–water partition coefficient (Wildman–Crippen LogP) is 3.54. The zero-order valence-corrected chi connectivity index (χ0v) is 16.0. The van der Waals surface area contributed by atoms with Gasteiger partial charge < -0.3 is 15.7 Å². The van der Waals surface area contributed by atoms with Gasteiger partial charge in [0.05, 0.1) is 17.2 Å². The smallest absolute Gasteiger partial charge is 0.235 e.